The number of ketones is 1. The van der Waals surface area contributed by atoms with E-state index in [1.54, 1.807) is 18.2 Å². The third-order valence-electron chi connectivity index (χ3n) is 13.6. The minimum absolute atomic E-state index is 0.0303. The van der Waals surface area contributed by atoms with Crippen LogP contribution in [-0.2, 0) is 28.7 Å². The lowest BCUT2D eigenvalue weighted by Gasteiger charge is -2.35. The van der Waals surface area contributed by atoms with E-state index in [2.05, 4.69) is 16.8 Å². The molecule has 8 atom stereocenters. The summed E-state index contributed by atoms with van der Waals surface area (Å²) in [6.45, 7) is 17.8. The number of hydrogen-bond acceptors (Lipinski definition) is 13. The molecule has 16 heteroatoms. The molecule has 0 bridgehead atoms. The fourth-order valence-electron chi connectivity index (χ4n) is 9.69. The van der Waals surface area contributed by atoms with Crippen LogP contribution in [0.2, 0.25) is 5.02 Å². The van der Waals surface area contributed by atoms with Crippen LogP contribution in [0.15, 0.2) is 36.2 Å². The number of anilines is 1. The van der Waals surface area contributed by atoms with E-state index in [4.69, 9.17) is 40.5 Å². The number of thiazole rings is 1. The van der Waals surface area contributed by atoms with Crippen LogP contribution in [0.5, 0.6) is 11.5 Å². The van der Waals surface area contributed by atoms with Gasteiger partial charge in [-0.1, -0.05) is 38.4 Å². The predicted molar refractivity (Wildman–Crippen MR) is 240 cm³/mol. The number of carboxylic acids is 1. The van der Waals surface area contributed by atoms with Crippen molar-refractivity contribution in [1.29, 1.82) is 0 Å². The first-order chi connectivity index (χ1) is 30.0. The Hall–Kier alpha value is -4.31. The molecule has 2 N–H and O–H groups in total. The molecule has 63 heavy (non-hydrogen) atoms. The zero-order valence-corrected chi connectivity index (χ0v) is 38.5. The van der Waals surface area contributed by atoms with Crippen molar-refractivity contribution < 1.29 is 43.2 Å². The Morgan fingerprint density at radius 3 is 2.48 bits per heavy atom. The molecule has 0 radical (unpaired) electrons. The second-order valence-electron chi connectivity index (χ2n) is 19.5. The lowest BCUT2D eigenvalue weighted by Crippen LogP contribution is -2.48. The van der Waals surface area contributed by atoms with Crippen LogP contribution in [0.4, 0.5) is 5.13 Å². The number of Topliss-reactive ketones (excluding diaryl/α,β-unsaturated/α-hetero) is 1. The van der Waals surface area contributed by atoms with Crippen LogP contribution >= 0.6 is 22.9 Å². The van der Waals surface area contributed by atoms with Gasteiger partial charge < -0.3 is 34.3 Å². The van der Waals surface area contributed by atoms with Gasteiger partial charge in [-0.05, 0) is 74.8 Å². The molecule has 2 aromatic heterocycles. The molecule has 1 amide bonds. The number of fused-ring (bicyclic) bond motifs is 2. The minimum Gasteiger partial charge on any atom is -0.491 e. The van der Waals surface area contributed by atoms with Gasteiger partial charge in [0.2, 0.25) is 5.91 Å². The van der Waals surface area contributed by atoms with Crippen LogP contribution in [0.1, 0.15) is 79.6 Å². The molecule has 4 heterocycles. The molecule has 1 unspecified atom stereocenters. The highest BCUT2D eigenvalue weighted by Crippen LogP contribution is 2.57. The Bertz CT molecular complexity index is 2230. The number of carbonyl (C=O) groups is 4. The van der Waals surface area contributed by atoms with Gasteiger partial charge in [0.05, 0.1) is 54.8 Å². The summed E-state index contributed by atoms with van der Waals surface area (Å²) >= 11 is 8.57. The molecule has 5 fully saturated rings. The topological polar surface area (TPSA) is 170 Å². The third kappa shape index (κ3) is 10.0. The van der Waals surface area contributed by atoms with Crippen molar-refractivity contribution in [1.82, 2.24) is 19.8 Å². The average molecular weight is 907 g/mol. The van der Waals surface area contributed by atoms with E-state index in [1.165, 1.54) is 22.7 Å². The molecule has 1 aromatic carbocycles. The van der Waals surface area contributed by atoms with Crippen molar-refractivity contribution in [2.24, 2.45) is 34.5 Å². The van der Waals surface area contributed by atoms with Crippen molar-refractivity contribution in [2.45, 2.75) is 104 Å². The number of pyridine rings is 1. The van der Waals surface area contributed by atoms with E-state index >= 15 is 0 Å². The summed E-state index contributed by atoms with van der Waals surface area (Å²) in [4.78, 5) is 68.9. The molecule has 3 aliphatic carbocycles. The smallest absolute Gasteiger partial charge is 0.310 e. The molecule has 0 spiro atoms. The van der Waals surface area contributed by atoms with Crippen molar-refractivity contribution in [3.05, 3.63) is 41.3 Å². The zero-order chi connectivity index (χ0) is 44.8. The number of likely N-dealkylation sites (tertiary alicyclic amines) is 1. The van der Waals surface area contributed by atoms with Crippen LogP contribution in [0.3, 0.4) is 0 Å². The molecule has 5 aliphatic rings. The van der Waals surface area contributed by atoms with Crippen molar-refractivity contribution in [2.75, 3.05) is 51.3 Å². The number of benzene rings is 1. The normalized spacial score (nSPS) is 27.2. The molecular weight excluding hydrogens is 846 g/mol. The summed E-state index contributed by atoms with van der Waals surface area (Å²) in [6.07, 6.45) is 3.70. The van der Waals surface area contributed by atoms with Crippen LogP contribution in [0, 0.1) is 34.5 Å². The lowest BCUT2D eigenvalue weighted by molar-refractivity contribution is -0.157. The fraction of sp³-hybridized carbons (Fsp3) is 0.617. The maximum Gasteiger partial charge on any atom is 0.310 e. The van der Waals surface area contributed by atoms with Gasteiger partial charge in [-0.3, -0.25) is 24.1 Å². The van der Waals surface area contributed by atoms with Gasteiger partial charge >= 0.3 is 11.9 Å². The number of esters is 1. The molecule has 8 rings (SSSR count). The van der Waals surface area contributed by atoms with Gasteiger partial charge in [-0.2, -0.15) is 0 Å². The van der Waals surface area contributed by atoms with Crippen molar-refractivity contribution in [3.8, 4) is 22.9 Å². The zero-order valence-electron chi connectivity index (χ0n) is 36.9. The first kappa shape index (κ1) is 45.3. The maximum absolute atomic E-state index is 14.9. The van der Waals surface area contributed by atoms with Gasteiger partial charge in [0.1, 0.15) is 41.0 Å². The number of aliphatic carboxylic acids is 1. The second-order valence-corrected chi connectivity index (χ2v) is 20.7. The average Bonchev–Trinajstić information content (AvgIpc) is 3.91. The summed E-state index contributed by atoms with van der Waals surface area (Å²) < 4.78 is 24.5. The van der Waals surface area contributed by atoms with E-state index in [0.29, 0.717) is 83.4 Å². The number of amides is 1. The minimum atomic E-state index is -1.27. The summed E-state index contributed by atoms with van der Waals surface area (Å²) in [7, 11) is 0. The highest BCUT2D eigenvalue weighted by atomic mass is 35.5. The molecule has 340 valence electrons. The summed E-state index contributed by atoms with van der Waals surface area (Å²) in [5, 5.41) is 17.2. The molecule has 2 aliphatic heterocycles. The van der Waals surface area contributed by atoms with E-state index < -0.39 is 40.8 Å². The molecule has 14 nitrogen and oxygen atoms in total. The van der Waals surface area contributed by atoms with Gasteiger partial charge in [-0.15, -0.1) is 17.9 Å². The highest BCUT2D eigenvalue weighted by Gasteiger charge is 2.61. The van der Waals surface area contributed by atoms with Crippen molar-refractivity contribution in [3.63, 3.8) is 0 Å². The number of hydrogen-bond donors (Lipinski definition) is 2. The number of aromatic nitrogens is 2. The highest BCUT2D eigenvalue weighted by molar-refractivity contribution is 7.14. The standard InChI is InChI=1S/C47H60ClN5O9S/c1-7-29-22-47(29,44(57)58)23-37(54)36-19-31(24-53(36)43(56)33(46(4,5)6)20-40(55)62-30-17-27-16-28(27)18-30)61-39-21-34(35-25-63-45(51-35)49-26(2)3)50-42-32(39)8-9-38(41(42)48)60-15-12-52-10-13-59-14-11-52/h7-9,21,25-31,33,36H,1,10-20,22-24H2,2-6H3,(H,49,51)(H,57,58)/t27-,28+,29-,30?,31-,33-,36+,47-/m1/s1. The number of allylic oxidation sites excluding steroid dienone is 1. The van der Waals surface area contributed by atoms with E-state index in [-0.39, 0.29) is 55.6 Å². The number of rotatable bonds is 18. The Balaban J connectivity index is 1.09. The van der Waals surface area contributed by atoms with E-state index in [0.717, 1.165) is 31.1 Å². The number of nitrogens with one attached hydrogen (secondary N) is 1. The fourth-order valence-corrected chi connectivity index (χ4v) is 10.8. The predicted octanol–water partition coefficient (Wildman–Crippen LogP) is 7.52. The largest absolute Gasteiger partial charge is 0.491 e. The second kappa shape index (κ2) is 18.3. The summed E-state index contributed by atoms with van der Waals surface area (Å²) in [6, 6.07) is 4.61. The molecule has 3 aromatic rings. The SMILES string of the molecule is C=C[C@@H]1C[C@]1(CC(=O)[C@@H]1C[C@@H](Oc2cc(-c3csc(NC(C)C)n3)nc3c(Cl)c(OCCN4CCOCC4)ccc23)CN1C(=O)[C@@H](CC(=O)OC1C[C@@H]2C[C@@H]2C1)C(C)(C)C)C(=O)O. The van der Waals surface area contributed by atoms with E-state index in [1.807, 2.05) is 46.1 Å². The first-order valence-corrected chi connectivity index (χ1v) is 23.6. The number of nitrogens with zero attached hydrogens (tertiary/aromatic N) is 4. The Labute approximate surface area is 378 Å². The lowest BCUT2D eigenvalue weighted by atomic mass is 9.77. The van der Waals surface area contributed by atoms with E-state index in [9.17, 15) is 24.3 Å². The van der Waals surface area contributed by atoms with Gasteiger partial charge in [0, 0.05) is 55.4 Å². The number of carboxylic acid groups (broad SMARTS) is 1. The Morgan fingerprint density at radius 1 is 1.06 bits per heavy atom. The monoisotopic (exact) mass is 905 g/mol. The van der Waals surface area contributed by atoms with Crippen LogP contribution < -0.4 is 14.8 Å². The van der Waals surface area contributed by atoms with Crippen LogP contribution in [-0.4, -0.2) is 119 Å². The third-order valence-corrected chi connectivity index (χ3v) is 14.7. The number of morpholine rings is 1. The van der Waals surface area contributed by atoms with Gasteiger partial charge in [-0.25, -0.2) is 9.97 Å². The first-order valence-electron chi connectivity index (χ1n) is 22.4. The Kier molecular flexibility index (Phi) is 13.1. The van der Waals surface area contributed by atoms with Crippen molar-refractivity contribution >= 4 is 62.6 Å². The maximum atomic E-state index is 14.9. The van der Waals surface area contributed by atoms with Gasteiger partial charge in [0.25, 0.3) is 0 Å². The van der Waals surface area contributed by atoms with Gasteiger partial charge in [0.15, 0.2) is 10.9 Å². The quantitative estimate of drug-likeness (QED) is 0.0951. The molecule has 2 saturated heterocycles. The van der Waals surface area contributed by atoms with Crippen LogP contribution in [0.25, 0.3) is 22.3 Å². The molecular formula is C47H60ClN5O9S. The number of ether oxygens (including phenoxy) is 4. The number of halogens is 1. The number of carbonyl (C=O) groups excluding carboxylic acids is 3. The molecule has 3 saturated carbocycles. The summed E-state index contributed by atoms with van der Waals surface area (Å²) in [5.41, 5.74) is -0.381. The Morgan fingerprint density at radius 2 is 1.81 bits per heavy atom. The summed E-state index contributed by atoms with van der Waals surface area (Å²) in [5.74, 6) is -1.22.